The van der Waals surface area contributed by atoms with E-state index >= 15 is 0 Å². The minimum atomic E-state index is -4.95. The van der Waals surface area contributed by atoms with Gasteiger partial charge in [0.1, 0.15) is 5.75 Å². The molecule has 0 aliphatic carbocycles. The number of carbonyl (C=O) groups excluding carboxylic acids is 1. The number of pyridine rings is 1. The largest absolute Gasteiger partial charge is 0.496 e. The van der Waals surface area contributed by atoms with Crippen molar-refractivity contribution in [1.82, 2.24) is 9.88 Å². The van der Waals surface area contributed by atoms with Crippen LogP contribution in [0.3, 0.4) is 0 Å². The Kier molecular flexibility index (Phi) is 5.01. The van der Waals surface area contributed by atoms with Crippen LogP contribution in [0.15, 0.2) is 42.6 Å². The SMILES string of the molecule is COc1ccc(C(=O)N2CCC(C(=O)O)(C(F)(F)F)C2)cc1-c1ccccn1. The fraction of sp³-hybridized carbons (Fsp3) is 0.316. The molecule has 148 valence electrons. The van der Waals surface area contributed by atoms with E-state index in [0.717, 1.165) is 4.90 Å². The number of hydrogen-bond acceptors (Lipinski definition) is 4. The first-order valence-electron chi connectivity index (χ1n) is 8.38. The van der Waals surface area contributed by atoms with Gasteiger partial charge in [-0.1, -0.05) is 6.07 Å². The molecule has 1 fully saturated rings. The van der Waals surface area contributed by atoms with Crippen LogP contribution in [0.4, 0.5) is 13.2 Å². The number of rotatable bonds is 4. The van der Waals surface area contributed by atoms with Crippen molar-refractivity contribution < 1.29 is 32.6 Å². The lowest BCUT2D eigenvalue weighted by molar-refractivity contribution is -0.227. The summed E-state index contributed by atoms with van der Waals surface area (Å²) in [5.74, 6) is -2.20. The van der Waals surface area contributed by atoms with Crippen molar-refractivity contribution in [3.05, 3.63) is 48.2 Å². The van der Waals surface area contributed by atoms with E-state index in [9.17, 15) is 22.8 Å². The van der Waals surface area contributed by atoms with Crippen molar-refractivity contribution in [1.29, 1.82) is 0 Å². The summed E-state index contributed by atoms with van der Waals surface area (Å²) in [6.07, 6.45) is -4.07. The molecule has 28 heavy (non-hydrogen) atoms. The number of hydrogen-bond donors (Lipinski definition) is 1. The smallest absolute Gasteiger partial charge is 0.406 e. The maximum Gasteiger partial charge on any atom is 0.406 e. The normalized spacial score (nSPS) is 19.5. The lowest BCUT2D eigenvalue weighted by Gasteiger charge is -2.27. The Morgan fingerprint density at radius 2 is 2.00 bits per heavy atom. The minimum Gasteiger partial charge on any atom is -0.496 e. The van der Waals surface area contributed by atoms with Crippen LogP contribution in [0.25, 0.3) is 11.3 Å². The van der Waals surface area contributed by atoms with E-state index in [1.165, 1.54) is 25.3 Å². The molecule has 1 aromatic heterocycles. The molecule has 1 aromatic carbocycles. The predicted molar refractivity (Wildman–Crippen MR) is 92.9 cm³/mol. The number of ether oxygens (including phenoxy) is 1. The summed E-state index contributed by atoms with van der Waals surface area (Å²) < 4.78 is 45.3. The molecule has 1 aliphatic rings. The topological polar surface area (TPSA) is 79.7 Å². The first kappa shape index (κ1) is 19.7. The van der Waals surface area contributed by atoms with Gasteiger partial charge in [-0.2, -0.15) is 13.2 Å². The third kappa shape index (κ3) is 3.28. The van der Waals surface area contributed by atoms with Crippen molar-refractivity contribution in [2.45, 2.75) is 12.6 Å². The fourth-order valence-electron chi connectivity index (χ4n) is 3.26. The molecule has 2 heterocycles. The average molecular weight is 394 g/mol. The number of nitrogens with zero attached hydrogens (tertiary/aromatic N) is 2. The van der Waals surface area contributed by atoms with Crippen molar-refractivity contribution in [2.75, 3.05) is 20.2 Å². The Morgan fingerprint density at radius 1 is 1.25 bits per heavy atom. The molecular formula is C19H17F3N2O4. The summed E-state index contributed by atoms with van der Waals surface area (Å²) in [5.41, 5.74) is -1.78. The van der Waals surface area contributed by atoms with Gasteiger partial charge in [0.05, 0.1) is 12.8 Å². The average Bonchev–Trinajstić information content (AvgIpc) is 3.14. The zero-order chi connectivity index (χ0) is 20.5. The van der Waals surface area contributed by atoms with E-state index < -0.39 is 36.4 Å². The van der Waals surface area contributed by atoms with Crippen LogP contribution < -0.4 is 4.74 Å². The highest BCUT2D eigenvalue weighted by atomic mass is 19.4. The minimum absolute atomic E-state index is 0.129. The summed E-state index contributed by atoms with van der Waals surface area (Å²) >= 11 is 0. The number of alkyl halides is 3. The summed E-state index contributed by atoms with van der Waals surface area (Å²) in [6, 6.07) is 9.63. The van der Waals surface area contributed by atoms with E-state index in [1.54, 1.807) is 24.4 Å². The Morgan fingerprint density at radius 3 is 2.54 bits per heavy atom. The van der Waals surface area contributed by atoms with Gasteiger partial charge in [0.25, 0.3) is 5.91 Å². The Balaban J connectivity index is 1.93. The molecule has 0 bridgehead atoms. The van der Waals surface area contributed by atoms with Gasteiger partial charge >= 0.3 is 12.1 Å². The molecule has 1 amide bonds. The maximum atomic E-state index is 13.3. The van der Waals surface area contributed by atoms with E-state index in [1.807, 2.05) is 0 Å². The van der Waals surface area contributed by atoms with Gasteiger partial charge in [0.2, 0.25) is 0 Å². The second kappa shape index (κ2) is 7.14. The number of methoxy groups -OCH3 is 1. The van der Waals surface area contributed by atoms with Crippen molar-refractivity contribution >= 4 is 11.9 Å². The van der Waals surface area contributed by atoms with E-state index in [0.29, 0.717) is 17.0 Å². The van der Waals surface area contributed by atoms with Crippen LogP contribution >= 0.6 is 0 Å². The Hall–Kier alpha value is -3.10. The second-order valence-electron chi connectivity index (χ2n) is 6.49. The molecule has 0 saturated carbocycles. The number of benzene rings is 1. The number of amides is 1. The third-order valence-electron chi connectivity index (χ3n) is 4.90. The van der Waals surface area contributed by atoms with Gasteiger partial charge < -0.3 is 14.7 Å². The second-order valence-corrected chi connectivity index (χ2v) is 6.49. The zero-order valence-electron chi connectivity index (χ0n) is 14.9. The third-order valence-corrected chi connectivity index (χ3v) is 4.90. The molecule has 1 atom stereocenters. The summed E-state index contributed by atoms with van der Waals surface area (Å²) in [5, 5.41) is 9.15. The van der Waals surface area contributed by atoms with Crippen molar-refractivity contribution in [2.24, 2.45) is 5.41 Å². The molecule has 0 radical (unpaired) electrons. The first-order valence-corrected chi connectivity index (χ1v) is 8.38. The number of carboxylic acid groups (broad SMARTS) is 1. The predicted octanol–water partition coefficient (Wildman–Crippen LogP) is 3.24. The number of carboxylic acids is 1. The molecule has 2 aromatic rings. The highest BCUT2D eigenvalue weighted by Gasteiger charge is 2.64. The van der Waals surface area contributed by atoms with Gasteiger partial charge in [-0.3, -0.25) is 14.6 Å². The molecule has 1 aliphatic heterocycles. The van der Waals surface area contributed by atoms with Crippen LogP contribution in [0.5, 0.6) is 5.75 Å². The molecule has 9 heteroatoms. The highest BCUT2D eigenvalue weighted by molar-refractivity contribution is 5.96. The molecule has 1 N–H and O–H groups in total. The number of carbonyl (C=O) groups is 2. The lowest BCUT2D eigenvalue weighted by atomic mass is 9.86. The molecule has 6 nitrogen and oxygen atoms in total. The van der Waals surface area contributed by atoms with Gasteiger partial charge in [-0.25, -0.2) is 0 Å². The maximum absolute atomic E-state index is 13.3. The van der Waals surface area contributed by atoms with E-state index in [4.69, 9.17) is 9.84 Å². The van der Waals surface area contributed by atoms with E-state index in [-0.39, 0.29) is 12.1 Å². The van der Waals surface area contributed by atoms with Crippen molar-refractivity contribution in [3.63, 3.8) is 0 Å². The molecule has 1 unspecified atom stereocenters. The standard InChI is InChI=1S/C19H17F3N2O4/c1-28-15-6-5-12(10-13(15)14-4-2-3-8-23-14)16(25)24-9-7-18(11-24,17(26)27)19(20,21)22/h2-6,8,10H,7,9,11H2,1H3,(H,26,27). The van der Waals surface area contributed by atoms with Crippen LogP contribution in [0.1, 0.15) is 16.8 Å². The number of likely N-dealkylation sites (tertiary alicyclic amines) is 1. The van der Waals surface area contributed by atoms with Crippen LogP contribution in [0, 0.1) is 5.41 Å². The first-order chi connectivity index (χ1) is 13.2. The highest BCUT2D eigenvalue weighted by Crippen LogP contribution is 2.46. The quantitative estimate of drug-likeness (QED) is 0.861. The summed E-state index contributed by atoms with van der Waals surface area (Å²) in [6.45, 7) is -1.22. The summed E-state index contributed by atoms with van der Waals surface area (Å²) in [7, 11) is 1.45. The fourth-order valence-corrected chi connectivity index (χ4v) is 3.26. The Bertz CT molecular complexity index is 902. The number of aromatic nitrogens is 1. The van der Waals surface area contributed by atoms with Gasteiger partial charge in [-0.15, -0.1) is 0 Å². The molecule has 3 rings (SSSR count). The monoisotopic (exact) mass is 394 g/mol. The van der Waals surface area contributed by atoms with E-state index in [2.05, 4.69) is 4.98 Å². The number of halogens is 3. The molecule has 0 spiro atoms. The summed E-state index contributed by atoms with van der Waals surface area (Å²) in [4.78, 5) is 29.2. The van der Waals surface area contributed by atoms with Crippen LogP contribution in [0.2, 0.25) is 0 Å². The Labute approximate surface area is 158 Å². The van der Waals surface area contributed by atoms with Gasteiger partial charge in [-0.05, 0) is 36.8 Å². The van der Waals surface area contributed by atoms with Crippen LogP contribution in [-0.4, -0.2) is 53.2 Å². The zero-order valence-corrected chi connectivity index (χ0v) is 14.9. The lowest BCUT2D eigenvalue weighted by Crippen LogP contribution is -2.47. The molecule has 1 saturated heterocycles. The molecular weight excluding hydrogens is 377 g/mol. The van der Waals surface area contributed by atoms with Gasteiger partial charge in [0, 0.05) is 30.4 Å². The van der Waals surface area contributed by atoms with Gasteiger partial charge in [0.15, 0.2) is 5.41 Å². The van der Waals surface area contributed by atoms with Crippen LogP contribution in [-0.2, 0) is 4.79 Å². The van der Waals surface area contributed by atoms with Crippen molar-refractivity contribution in [3.8, 4) is 17.0 Å². The number of aliphatic carboxylic acids is 1.